The Morgan fingerprint density at radius 3 is 2.84 bits per heavy atom. The molecule has 0 radical (unpaired) electrons. The molecule has 0 atom stereocenters. The van der Waals surface area contributed by atoms with Gasteiger partial charge in [0.2, 0.25) is 5.96 Å². The van der Waals surface area contributed by atoms with Crippen molar-refractivity contribution in [1.82, 2.24) is 4.72 Å². The average Bonchev–Trinajstić information content (AvgIpc) is 2.38. The summed E-state index contributed by atoms with van der Waals surface area (Å²) in [6.45, 7) is 2.81. The van der Waals surface area contributed by atoms with Gasteiger partial charge in [0.05, 0.1) is 18.8 Å². The number of guanidine groups is 1. The summed E-state index contributed by atoms with van der Waals surface area (Å²) in [5, 5.41) is 2.97. The van der Waals surface area contributed by atoms with Crippen molar-refractivity contribution in [3.63, 3.8) is 0 Å². The SMILES string of the molecule is CCc1ccc2c(c1)S(=O)(=O)NC(=NCCOC)N2. The van der Waals surface area contributed by atoms with Crippen molar-refractivity contribution in [2.24, 2.45) is 4.99 Å². The van der Waals surface area contributed by atoms with E-state index in [1.54, 1.807) is 19.2 Å². The lowest BCUT2D eigenvalue weighted by Gasteiger charge is -2.22. The number of benzene rings is 1. The predicted molar refractivity (Wildman–Crippen MR) is 73.9 cm³/mol. The first kappa shape index (κ1) is 13.8. The predicted octanol–water partition coefficient (Wildman–Crippen LogP) is 0.955. The molecule has 1 aromatic rings. The van der Waals surface area contributed by atoms with Crippen molar-refractivity contribution < 1.29 is 13.2 Å². The van der Waals surface area contributed by atoms with Crippen LogP contribution in [0.15, 0.2) is 28.1 Å². The maximum Gasteiger partial charge on any atom is 0.266 e. The lowest BCUT2D eigenvalue weighted by molar-refractivity contribution is 0.208. The number of aryl methyl sites for hydroxylation is 1. The Balaban J connectivity index is 2.33. The van der Waals surface area contributed by atoms with Gasteiger partial charge in [0.25, 0.3) is 10.0 Å². The van der Waals surface area contributed by atoms with Crippen molar-refractivity contribution in [2.45, 2.75) is 18.2 Å². The molecule has 1 aromatic carbocycles. The Labute approximate surface area is 112 Å². The van der Waals surface area contributed by atoms with Gasteiger partial charge >= 0.3 is 0 Å². The van der Waals surface area contributed by atoms with Crippen LogP contribution in [0, 0.1) is 0 Å². The topological polar surface area (TPSA) is 79.8 Å². The van der Waals surface area contributed by atoms with E-state index < -0.39 is 10.0 Å². The van der Waals surface area contributed by atoms with Crippen LogP contribution in [-0.4, -0.2) is 34.6 Å². The highest BCUT2D eigenvalue weighted by atomic mass is 32.2. The van der Waals surface area contributed by atoms with Gasteiger partial charge in [-0.15, -0.1) is 0 Å². The molecule has 0 fully saturated rings. The maximum atomic E-state index is 12.1. The number of sulfonamides is 1. The summed E-state index contributed by atoms with van der Waals surface area (Å²) in [4.78, 5) is 4.36. The first-order chi connectivity index (χ1) is 9.06. The summed E-state index contributed by atoms with van der Waals surface area (Å²) in [6, 6.07) is 5.34. The zero-order chi connectivity index (χ0) is 13.9. The van der Waals surface area contributed by atoms with Gasteiger partial charge in [0.1, 0.15) is 4.90 Å². The molecule has 0 spiro atoms. The summed E-state index contributed by atoms with van der Waals surface area (Å²) in [6.07, 6.45) is 0.789. The van der Waals surface area contributed by atoms with Crippen LogP contribution >= 0.6 is 0 Å². The van der Waals surface area contributed by atoms with Crippen LogP contribution in [0.5, 0.6) is 0 Å². The van der Waals surface area contributed by atoms with E-state index in [4.69, 9.17) is 4.74 Å². The van der Waals surface area contributed by atoms with E-state index in [-0.39, 0.29) is 10.9 Å². The van der Waals surface area contributed by atoms with Crippen LogP contribution < -0.4 is 10.0 Å². The van der Waals surface area contributed by atoms with E-state index >= 15 is 0 Å². The molecular weight excluding hydrogens is 266 g/mol. The van der Waals surface area contributed by atoms with Gasteiger partial charge in [-0.05, 0) is 24.1 Å². The van der Waals surface area contributed by atoms with Crippen LogP contribution in [0.25, 0.3) is 0 Å². The molecule has 0 bridgehead atoms. The fourth-order valence-electron chi connectivity index (χ4n) is 1.77. The molecule has 0 saturated heterocycles. The third-order valence-electron chi connectivity index (χ3n) is 2.79. The van der Waals surface area contributed by atoms with Crippen LogP contribution in [0.3, 0.4) is 0 Å². The summed E-state index contributed by atoms with van der Waals surface area (Å²) >= 11 is 0. The lowest BCUT2D eigenvalue weighted by atomic mass is 10.1. The Kier molecular flexibility index (Phi) is 4.06. The number of fused-ring (bicyclic) bond motifs is 1. The van der Waals surface area contributed by atoms with Gasteiger partial charge < -0.3 is 10.1 Å². The van der Waals surface area contributed by atoms with Gasteiger partial charge in [-0.2, -0.15) is 0 Å². The van der Waals surface area contributed by atoms with E-state index in [1.165, 1.54) is 0 Å². The second kappa shape index (κ2) is 5.58. The standard InChI is InChI=1S/C12H17N3O3S/c1-3-9-4-5-10-11(8-9)19(16,17)15-12(14-10)13-6-7-18-2/h4-5,8H,3,6-7H2,1-2H3,(H2,13,14,15). The highest BCUT2D eigenvalue weighted by molar-refractivity contribution is 7.90. The number of anilines is 1. The molecule has 6 nitrogen and oxygen atoms in total. The summed E-state index contributed by atoms with van der Waals surface area (Å²) in [5.74, 6) is 0.230. The third kappa shape index (κ3) is 3.05. The minimum atomic E-state index is -3.55. The molecule has 19 heavy (non-hydrogen) atoms. The Morgan fingerprint density at radius 1 is 1.37 bits per heavy atom. The normalized spacial score (nSPS) is 18.5. The van der Waals surface area contributed by atoms with Crippen LogP contribution in [0.1, 0.15) is 12.5 Å². The number of rotatable bonds is 4. The average molecular weight is 283 g/mol. The number of hydrogen-bond acceptors (Lipinski definition) is 4. The zero-order valence-electron chi connectivity index (χ0n) is 10.9. The van der Waals surface area contributed by atoms with Crippen LogP contribution in [-0.2, 0) is 21.2 Å². The fourth-order valence-corrected chi connectivity index (χ4v) is 2.96. The van der Waals surface area contributed by atoms with Crippen molar-refractivity contribution in [3.05, 3.63) is 23.8 Å². The zero-order valence-corrected chi connectivity index (χ0v) is 11.8. The Hall–Kier alpha value is -1.60. The van der Waals surface area contributed by atoms with Gasteiger partial charge in [0.15, 0.2) is 0 Å². The number of aliphatic imine (C=N–C) groups is 1. The summed E-state index contributed by atoms with van der Waals surface area (Å²) < 4.78 is 31.5. The molecule has 1 aliphatic rings. The van der Waals surface area contributed by atoms with Crippen molar-refractivity contribution in [3.8, 4) is 0 Å². The van der Waals surface area contributed by atoms with Crippen molar-refractivity contribution in [1.29, 1.82) is 0 Å². The van der Waals surface area contributed by atoms with E-state index in [2.05, 4.69) is 15.0 Å². The molecule has 7 heteroatoms. The van der Waals surface area contributed by atoms with Gasteiger partial charge in [-0.1, -0.05) is 13.0 Å². The van der Waals surface area contributed by atoms with E-state index in [0.29, 0.717) is 18.8 Å². The lowest BCUT2D eigenvalue weighted by Crippen LogP contribution is -2.41. The fraction of sp³-hybridized carbons (Fsp3) is 0.417. The smallest absolute Gasteiger partial charge is 0.266 e. The first-order valence-corrected chi connectivity index (χ1v) is 7.51. The highest BCUT2D eigenvalue weighted by Crippen LogP contribution is 2.25. The molecular formula is C12H17N3O3S. The van der Waals surface area contributed by atoms with E-state index in [1.807, 2.05) is 13.0 Å². The second-order valence-corrected chi connectivity index (χ2v) is 5.79. The van der Waals surface area contributed by atoms with Gasteiger partial charge in [-0.3, -0.25) is 0 Å². The quantitative estimate of drug-likeness (QED) is 0.806. The van der Waals surface area contributed by atoms with Gasteiger partial charge in [-0.25, -0.2) is 18.1 Å². The number of nitrogens with one attached hydrogen (secondary N) is 2. The molecule has 0 unspecified atom stereocenters. The molecule has 2 rings (SSSR count). The molecule has 0 amide bonds. The number of hydrogen-bond donors (Lipinski definition) is 2. The molecule has 2 N–H and O–H groups in total. The molecule has 104 valence electrons. The first-order valence-electron chi connectivity index (χ1n) is 6.03. The summed E-state index contributed by atoms with van der Waals surface area (Å²) in [5.41, 5.74) is 1.53. The monoisotopic (exact) mass is 283 g/mol. The number of methoxy groups -OCH3 is 1. The number of ether oxygens (including phenoxy) is 1. The Bertz CT molecular complexity index is 596. The molecule has 0 aliphatic carbocycles. The van der Waals surface area contributed by atoms with Gasteiger partial charge in [0, 0.05) is 7.11 Å². The van der Waals surface area contributed by atoms with Crippen molar-refractivity contribution in [2.75, 3.05) is 25.6 Å². The highest BCUT2D eigenvalue weighted by Gasteiger charge is 2.26. The number of nitrogens with zero attached hydrogens (tertiary/aromatic N) is 1. The molecule has 0 saturated carbocycles. The molecule has 1 heterocycles. The minimum Gasteiger partial charge on any atom is -0.383 e. The van der Waals surface area contributed by atoms with E-state index in [9.17, 15) is 8.42 Å². The van der Waals surface area contributed by atoms with Crippen molar-refractivity contribution >= 4 is 21.7 Å². The molecule has 0 aromatic heterocycles. The molecule has 1 aliphatic heterocycles. The summed E-state index contributed by atoms with van der Waals surface area (Å²) in [7, 11) is -1.98. The minimum absolute atomic E-state index is 0.230. The van der Waals surface area contributed by atoms with Crippen LogP contribution in [0.2, 0.25) is 0 Å². The van der Waals surface area contributed by atoms with E-state index in [0.717, 1.165) is 12.0 Å². The largest absolute Gasteiger partial charge is 0.383 e. The van der Waals surface area contributed by atoms with Crippen LogP contribution in [0.4, 0.5) is 5.69 Å². The Morgan fingerprint density at radius 2 is 2.16 bits per heavy atom. The second-order valence-electron chi connectivity index (χ2n) is 4.14. The maximum absolute atomic E-state index is 12.1. The third-order valence-corrected chi connectivity index (χ3v) is 4.17.